The molecule has 0 aromatic heterocycles. The van der Waals surface area contributed by atoms with Crippen LogP contribution in [0.1, 0.15) is 58.2 Å². The lowest BCUT2D eigenvalue weighted by Crippen LogP contribution is -2.35. The number of methoxy groups -OCH3 is 1. The maximum Gasteiger partial charge on any atom is 0.259 e. The SMILES string of the molecule is COc1ccc(C(COCCOCCOP(OC(C)C)N(C(C)C)C(C)C)(c2ccccc2)c2ccccc2)cc1. The van der Waals surface area contributed by atoms with Crippen molar-refractivity contribution in [1.29, 1.82) is 0 Å². The highest BCUT2D eigenvalue weighted by molar-refractivity contribution is 7.44. The van der Waals surface area contributed by atoms with Gasteiger partial charge in [0.15, 0.2) is 0 Å². The molecule has 0 N–H and O–H groups in total. The lowest BCUT2D eigenvalue weighted by molar-refractivity contribution is 0.0244. The molecule has 0 bridgehead atoms. The van der Waals surface area contributed by atoms with Crippen LogP contribution >= 0.6 is 8.53 Å². The topological polar surface area (TPSA) is 49.4 Å². The maximum absolute atomic E-state index is 6.37. The quantitative estimate of drug-likeness (QED) is 0.0866. The van der Waals surface area contributed by atoms with Crippen molar-refractivity contribution < 1.29 is 23.3 Å². The summed E-state index contributed by atoms with van der Waals surface area (Å²) in [6.07, 6.45) is 0.0932. The van der Waals surface area contributed by atoms with Gasteiger partial charge >= 0.3 is 0 Å². The average Bonchev–Trinajstić information content (AvgIpc) is 2.97. The van der Waals surface area contributed by atoms with Crippen LogP contribution in [-0.4, -0.2) is 63.0 Å². The molecule has 0 saturated heterocycles. The first-order valence-electron chi connectivity index (χ1n) is 14.6. The molecule has 0 aliphatic heterocycles. The molecule has 0 saturated carbocycles. The van der Waals surface area contributed by atoms with Crippen molar-refractivity contribution in [3.63, 3.8) is 0 Å². The summed E-state index contributed by atoms with van der Waals surface area (Å²) in [4.78, 5) is 0. The van der Waals surface area contributed by atoms with Crippen LogP contribution in [0.4, 0.5) is 0 Å². The fourth-order valence-electron chi connectivity index (χ4n) is 5.00. The molecule has 3 rings (SSSR count). The molecule has 224 valence electrons. The van der Waals surface area contributed by atoms with Crippen LogP contribution in [0.2, 0.25) is 0 Å². The first kappa shape index (κ1) is 33.2. The molecule has 1 unspecified atom stereocenters. The van der Waals surface area contributed by atoms with Gasteiger partial charge in [0.1, 0.15) is 5.75 Å². The largest absolute Gasteiger partial charge is 0.497 e. The average molecular weight is 582 g/mol. The molecule has 0 heterocycles. The molecule has 0 fully saturated rings. The van der Waals surface area contributed by atoms with E-state index in [1.165, 1.54) is 11.1 Å². The molecule has 0 amide bonds. The lowest BCUT2D eigenvalue weighted by Gasteiger charge is -2.36. The molecular weight excluding hydrogens is 533 g/mol. The Labute approximate surface area is 248 Å². The van der Waals surface area contributed by atoms with Gasteiger partial charge in [-0.3, -0.25) is 0 Å². The Morgan fingerprint density at radius 2 is 1.12 bits per heavy atom. The van der Waals surface area contributed by atoms with Gasteiger partial charge in [0.25, 0.3) is 8.53 Å². The summed E-state index contributed by atoms with van der Waals surface area (Å²) >= 11 is 0. The zero-order chi connectivity index (χ0) is 29.7. The van der Waals surface area contributed by atoms with Crippen molar-refractivity contribution >= 4 is 8.53 Å². The van der Waals surface area contributed by atoms with Gasteiger partial charge in [-0.15, -0.1) is 0 Å². The van der Waals surface area contributed by atoms with E-state index >= 15 is 0 Å². The smallest absolute Gasteiger partial charge is 0.259 e. The second-order valence-electron chi connectivity index (χ2n) is 10.8. The monoisotopic (exact) mass is 581 g/mol. The summed E-state index contributed by atoms with van der Waals surface area (Å²) < 4.78 is 32.4. The van der Waals surface area contributed by atoms with E-state index in [4.69, 9.17) is 23.3 Å². The fraction of sp³-hybridized carbons (Fsp3) is 0.471. The second-order valence-corrected chi connectivity index (χ2v) is 12.2. The van der Waals surface area contributed by atoms with Gasteiger partial charge in [-0.25, -0.2) is 4.67 Å². The van der Waals surface area contributed by atoms with Gasteiger partial charge in [-0.2, -0.15) is 0 Å². The summed E-state index contributed by atoms with van der Waals surface area (Å²) in [5, 5.41) is 0. The van der Waals surface area contributed by atoms with E-state index in [0.717, 1.165) is 11.3 Å². The Balaban J connectivity index is 1.65. The van der Waals surface area contributed by atoms with Crippen LogP contribution in [0.3, 0.4) is 0 Å². The molecule has 0 aliphatic carbocycles. The molecule has 41 heavy (non-hydrogen) atoms. The van der Waals surface area contributed by atoms with Crippen LogP contribution < -0.4 is 4.74 Å². The van der Waals surface area contributed by atoms with Gasteiger partial charge in [-0.1, -0.05) is 72.8 Å². The third-order valence-corrected chi connectivity index (χ3v) is 9.09. The molecule has 6 nitrogen and oxygen atoms in total. The number of ether oxygens (including phenoxy) is 3. The number of rotatable bonds is 18. The van der Waals surface area contributed by atoms with Gasteiger partial charge in [0.05, 0.1) is 51.7 Å². The molecule has 0 spiro atoms. The number of hydrogen-bond acceptors (Lipinski definition) is 6. The maximum atomic E-state index is 6.37. The van der Waals surface area contributed by atoms with Crippen molar-refractivity contribution in [2.75, 3.05) is 40.1 Å². The van der Waals surface area contributed by atoms with E-state index in [9.17, 15) is 0 Å². The van der Waals surface area contributed by atoms with Gasteiger partial charge in [0, 0.05) is 12.1 Å². The zero-order valence-electron chi connectivity index (χ0n) is 25.8. The third-order valence-electron chi connectivity index (χ3n) is 6.78. The Bertz CT molecular complexity index is 1060. The summed E-state index contributed by atoms with van der Waals surface area (Å²) in [5.41, 5.74) is 3.00. The van der Waals surface area contributed by atoms with Gasteiger partial charge in [0.2, 0.25) is 0 Å². The fourth-order valence-corrected chi connectivity index (χ4v) is 6.64. The van der Waals surface area contributed by atoms with Crippen molar-refractivity contribution in [3.05, 3.63) is 102 Å². The summed E-state index contributed by atoms with van der Waals surface area (Å²) in [6.45, 7) is 15.2. The number of benzene rings is 3. The van der Waals surface area contributed by atoms with Gasteiger partial charge < -0.3 is 23.3 Å². The Kier molecular flexibility index (Phi) is 13.7. The molecule has 7 heteroatoms. The van der Waals surface area contributed by atoms with E-state index in [-0.39, 0.29) is 6.10 Å². The van der Waals surface area contributed by atoms with Crippen molar-refractivity contribution in [3.8, 4) is 5.75 Å². The van der Waals surface area contributed by atoms with Crippen LogP contribution in [-0.2, 0) is 23.9 Å². The van der Waals surface area contributed by atoms with Crippen LogP contribution in [0.15, 0.2) is 84.9 Å². The van der Waals surface area contributed by atoms with E-state index in [2.05, 4.69) is 93.0 Å². The highest BCUT2D eigenvalue weighted by atomic mass is 31.2. The minimum atomic E-state index is -1.15. The standard InChI is InChI=1S/C34H48NO5P/c1-27(2)35(28(3)4)41(40-29(5)6)39-25-24-37-22-23-38-26-34(30-14-10-8-11-15-30,31-16-12-9-13-17-31)32-18-20-33(36-7)21-19-32/h8-21,27-29H,22-26H2,1-7H3. The minimum absolute atomic E-state index is 0.0932. The molecule has 1 atom stereocenters. The molecular formula is C34H48NO5P. The van der Waals surface area contributed by atoms with E-state index < -0.39 is 13.9 Å². The van der Waals surface area contributed by atoms with Crippen LogP contribution in [0.5, 0.6) is 5.75 Å². The van der Waals surface area contributed by atoms with E-state index in [0.29, 0.717) is 45.1 Å². The Hall–Kier alpha value is -2.31. The highest BCUT2D eigenvalue weighted by Gasteiger charge is 2.37. The van der Waals surface area contributed by atoms with Crippen LogP contribution in [0.25, 0.3) is 0 Å². The predicted molar refractivity (Wildman–Crippen MR) is 169 cm³/mol. The molecule has 0 aliphatic rings. The first-order valence-corrected chi connectivity index (χ1v) is 15.7. The van der Waals surface area contributed by atoms with Gasteiger partial charge in [-0.05, 0) is 70.4 Å². The molecule has 3 aromatic rings. The lowest BCUT2D eigenvalue weighted by atomic mass is 9.70. The minimum Gasteiger partial charge on any atom is -0.497 e. The van der Waals surface area contributed by atoms with E-state index in [1.807, 2.05) is 38.1 Å². The summed E-state index contributed by atoms with van der Waals surface area (Å²) in [5.74, 6) is 0.827. The van der Waals surface area contributed by atoms with Crippen LogP contribution in [0, 0.1) is 0 Å². The number of hydrogen-bond donors (Lipinski definition) is 0. The normalized spacial score (nSPS) is 13.0. The van der Waals surface area contributed by atoms with Crippen molar-refractivity contribution in [2.45, 2.75) is 65.1 Å². The highest BCUT2D eigenvalue weighted by Crippen LogP contribution is 2.46. The molecule has 3 aromatic carbocycles. The Morgan fingerprint density at radius 3 is 1.61 bits per heavy atom. The third kappa shape index (κ3) is 9.34. The second kappa shape index (κ2) is 17.0. The first-order chi connectivity index (χ1) is 19.8. The predicted octanol–water partition coefficient (Wildman–Crippen LogP) is 7.85. The van der Waals surface area contributed by atoms with Crippen molar-refractivity contribution in [2.24, 2.45) is 0 Å². The zero-order valence-corrected chi connectivity index (χ0v) is 26.7. The summed E-state index contributed by atoms with van der Waals surface area (Å²) in [7, 11) is 0.535. The number of nitrogens with zero attached hydrogens (tertiary/aromatic N) is 1. The van der Waals surface area contributed by atoms with Crippen molar-refractivity contribution in [1.82, 2.24) is 4.67 Å². The Morgan fingerprint density at radius 1 is 0.634 bits per heavy atom. The van der Waals surface area contributed by atoms with E-state index in [1.54, 1.807) is 7.11 Å². The molecule has 0 radical (unpaired) electrons. The summed E-state index contributed by atoms with van der Waals surface area (Å²) in [6, 6.07) is 30.0.